The summed E-state index contributed by atoms with van der Waals surface area (Å²) < 4.78 is 62.9. The highest BCUT2D eigenvalue weighted by molar-refractivity contribution is 7.89. The van der Waals surface area contributed by atoms with E-state index in [2.05, 4.69) is 0 Å². The fraction of sp³-hybridized carbons (Fsp3) is 0.533. The van der Waals surface area contributed by atoms with Crippen molar-refractivity contribution >= 4 is 15.9 Å². The highest BCUT2D eigenvalue weighted by Crippen LogP contribution is 2.32. The third-order valence-corrected chi connectivity index (χ3v) is 6.08. The lowest BCUT2D eigenvalue weighted by atomic mass is 9.90. The fourth-order valence-corrected chi connectivity index (χ4v) is 4.15. The predicted octanol–water partition coefficient (Wildman–Crippen LogP) is 1.34. The smallest absolute Gasteiger partial charge is 0.343 e. The molecule has 1 heterocycles. The summed E-state index contributed by atoms with van der Waals surface area (Å²) in [5, 5.41) is 1.73. The summed E-state index contributed by atoms with van der Waals surface area (Å²) >= 11 is 0. The summed E-state index contributed by atoms with van der Waals surface area (Å²) in [7, 11) is -3.73. The first-order valence-electron chi connectivity index (χ1n) is 7.62. The minimum absolute atomic E-state index is 0.0128. The number of hydrogen-bond donors (Lipinski definition) is 2. The Labute approximate surface area is 144 Å². The molecule has 1 unspecified atom stereocenters. The first-order chi connectivity index (χ1) is 11.5. The topological polar surface area (TPSA) is 92.5 Å². The van der Waals surface area contributed by atoms with E-state index >= 15 is 0 Å². The van der Waals surface area contributed by atoms with E-state index in [9.17, 15) is 26.4 Å². The van der Waals surface area contributed by atoms with Gasteiger partial charge in [0, 0.05) is 18.7 Å². The lowest BCUT2D eigenvalue weighted by molar-refractivity contribution is -0.123. The van der Waals surface area contributed by atoms with E-state index in [1.165, 1.54) is 28.6 Å². The molecule has 2 rings (SSSR count). The molecule has 140 valence electrons. The zero-order valence-electron chi connectivity index (χ0n) is 13.6. The standard InChI is InChI=1S/C15H20F3N3O3S/c1-14(8-19)6-7-21(10-14)25(23,24)12-4-2-11(3-5-12)13(22)20-9-15(16,17)18/h2-5H,6-10,19H2,1H3,(H,20,22). The summed E-state index contributed by atoms with van der Waals surface area (Å²) in [6, 6.07) is 4.82. The van der Waals surface area contributed by atoms with Crippen molar-refractivity contribution in [1.29, 1.82) is 0 Å². The zero-order chi connectivity index (χ0) is 18.9. The van der Waals surface area contributed by atoms with Crippen molar-refractivity contribution in [3.63, 3.8) is 0 Å². The van der Waals surface area contributed by atoms with Crippen molar-refractivity contribution < 1.29 is 26.4 Å². The number of alkyl halides is 3. The third kappa shape index (κ3) is 4.71. The normalized spacial score (nSPS) is 22.1. The van der Waals surface area contributed by atoms with Crippen molar-refractivity contribution in [3.05, 3.63) is 29.8 Å². The number of sulfonamides is 1. The second-order valence-electron chi connectivity index (χ2n) is 6.43. The molecule has 0 aromatic heterocycles. The van der Waals surface area contributed by atoms with Gasteiger partial charge in [-0.05, 0) is 42.6 Å². The molecule has 1 aliphatic rings. The molecular formula is C15H20F3N3O3S. The number of carbonyl (C=O) groups excluding carboxylic acids is 1. The quantitative estimate of drug-likeness (QED) is 0.808. The number of nitrogens with zero attached hydrogens (tertiary/aromatic N) is 1. The third-order valence-electron chi connectivity index (χ3n) is 4.22. The van der Waals surface area contributed by atoms with E-state index in [1.54, 1.807) is 5.32 Å². The number of hydrogen-bond acceptors (Lipinski definition) is 4. The van der Waals surface area contributed by atoms with Crippen molar-refractivity contribution in [3.8, 4) is 0 Å². The number of halogens is 3. The van der Waals surface area contributed by atoms with Crippen LogP contribution in [0.1, 0.15) is 23.7 Å². The number of amides is 1. The summed E-state index contributed by atoms with van der Waals surface area (Å²) in [4.78, 5) is 11.6. The van der Waals surface area contributed by atoms with Gasteiger partial charge in [-0.25, -0.2) is 8.42 Å². The second kappa shape index (κ2) is 6.93. The SMILES string of the molecule is CC1(CN)CCN(S(=O)(=O)c2ccc(C(=O)NCC(F)(F)F)cc2)C1. The van der Waals surface area contributed by atoms with Crippen LogP contribution in [0.2, 0.25) is 0 Å². The number of nitrogens with one attached hydrogen (secondary N) is 1. The molecule has 0 aliphatic carbocycles. The zero-order valence-corrected chi connectivity index (χ0v) is 14.5. The molecule has 0 spiro atoms. The van der Waals surface area contributed by atoms with Crippen molar-refractivity contribution in [1.82, 2.24) is 9.62 Å². The number of nitrogens with two attached hydrogens (primary N) is 1. The molecule has 0 saturated carbocycles. The molecular weight excluding hydrogens is 359 g/mol. The lowest BCUT2D eigenvalue weighted by Crippen LogP contribution is -2.34. The molecule has 1 aromatic rings. The maximum atomic E-state index is 12.6. The van der Waals surface area contributed by atoms with Gasteiger partial charge in [0.25, 0.3) is 5.91 Å². The van der Waals surface area contributed by atoms with Gasteiger partial charge in [-0.3, -0.25) is 4.79 Å². The summed E-state index contributed by atoms with van der Waals surface area (Å²) in [6.07, 6.45) is -3.86. The number of carbonyl (C=O) groups is 1. The predicted molar refractivity (Wildman–Crippen MR) is 85.4 cm³/mol. The van der Waals surface area contributed by atoms with Crippen LogP contribution in [0.5, 0.6) is 0 Å². The largest absolute Gasteiger partial charge is 0.405 e. The Hall–Kier alpha value is -1.65. The van der Waals surface area contributed by atoms with Crippen molar-refractivity contribution in [2.45, 2.75) is 24.4 Å². The van der Waals surface area contributed by atoms with E-state index in [0.717, 1.165) is 0 Å². The molecule has 1 amide bonds. The highest BCUT2D eigenvalue weighted by atomic mass is 32.2. The molecule has 6 nitrogen and oxygen atoms in total. The van der Waals surface area contributed by atoms with Crippen molar-refractivity contribution in [2.24, 2.45) is 11.1 Å². The van der Waals surface area contributed by atoms with Crippen LogP contribution >= 0.6 is 0 Å². The van der Waals surface area contributed by atoms with E-state index in [-0.39, 0.29) is 15.9 Å². The molecule has 0 radical (unpaired) electrons. The Morgan fingerprint density at radius 2 is 1.92 bits per heavy atom. The van der Waals surface area contributed by atoms with E-state index in [1.807, 2.05) is 6.92 Å². The second-order valence-corrected chi connectivity index (χ2v) is 8.36. The van der Waals surface area contributed by atoms with E-state index in [0.29, 0.717) is 26.1 Å². The van der Waals surface area contributed by atoms with Crippen LogP contribution < -0.4 is 11.1 Å². The minimum atomic E-state index is -4.51. The van der Waals surface area contributed by atoms with Gasteiger partial charge in [0.2, 0.25) is 10.0 Å². The summed E-state index contributed by atoms with van der Waals surface area (Å²) in [6.45, 7) is 1.49. The Morgan fingerprint density at radius 1 is 1.32 bits per heavy atom. The van der Waals surface area contributed by atoms with Gasteiger partial charge in [-0.2, -0.15) is 17.5 Å². The fourth-order valence-electron chi connectivity index (χ4n) is 2.56. The van der Waals surface area contributed by atoms with Gasteiger partial charge in [0.05, 0.1) is 4.90 Å². The van der Waals surface area contributed by atoms with Gasteiger partial charge in [0.15, 0.2) is 0 Å². The van der Waals surface area contributed by atoms with Crippen LogP contribution in [0, 0.1) is 5.41 Å². The van der Waals surface area contributed by atoms with Crippen molar-refractivity contribution in [2.75, 3.05) is 26.2 Å². The Morgan fingerprint density at radius 3 is 2.40 bits per heavy atom. The van der Waals surface area contributed by atoms with Gasteiger partial charge in [-0.1, -0.05) is 6.92 Å². The van der Waals surface area contributed by atoms with Crippen LogP contribution in [0.25, 0.3) is 0 Å². The van der Waals surface area contributed by atoms with Crippen LogP contribution in [-0.2, 0) is 10.0 Å². The Balaban J connectivity index is 2.10. The molecule has 1 aliphatic heterocycles. The lowest BCUT2D eigenvalue weighted by Gasteiger charge is -2.22. The van der Waals surface area contributed by atoms with Crippen LogP contribution in [0.4, 0.5) is 13.2 Å². The summed E-state index contributed by atoms with van der Waals surface area (Å²) in [5.74, 6) is -0.918. The monoisotopic (exact) mass is 379 g/mol. The van der Waals surface area contributed by atoms with E-state index in [4.69, 9.17) is 5.73 Å². The molecule has 10 heteroatoms. The summed E-state index contributed by atoms with van der Waals surface area (Å²) in [5.41, 5.74) is 5.36. The van der Waals surface area contributed by atoms with Crippen LogP contribution in [0.15, 0.2) is 29.2 Å². The first-order valence-corrected chi connectivity index (χ1v) is 9.06. The molecule has 25 heavy (non-hydrogen) atoms. The Bertz CT molecular complexity index is 735. The molecule has 3 N–H and O–H groups in total. The molecule has 1 atom stereocenters. The van der Waals surface area contributed by atoms with Crippen LogP contribution in [0.3, 0.4) is 0 Å². The van der Waals surface area contributed by atoms with Crippen LogP contribution in [-0.4, -0.2) is 51.0 Å². The highest BCUT2D eigenvalue weighted by Gasteiger charge is 2.39. The maximum Gasteiger partial charge on any atom is 0.405 e. The number of rotatable bonds is 5. The Kier molecular flexibility index (Phi) is 5.45. The molecule has 1 fully saturated rings. The van der Waals surface area contributed by atoms with Gasteiger partial charge in [-0.15, -0.1) is 0 Å². The minimum Gasteiger partial charge on any atom is -0.343 e. The van der Waals surface area contributed by atoms with Gasteiger partial charge >= 0.3 is 6.18 Å². The molecule has 1 saturated heterocycles. The average molecular weight is 379 g/mol. The number of benzene rings is 1. The maximum absolute atomic E-state index is 12.6. The average Bonchev–Trinajstić information content (AvgIpc) is 2.96. The van der Waals surface area contributed by atoms with Gasteiger partial charge in [0.1, 0.15) is 6.54 Å². The van der Waals surface area contributed by atoms with Gasteiger partial charge < -0.3 is 11.1 Å². The first kappa shape index (κ1) is 19.7. The molecule has 1 aromatic carbocycles. The molecule has 0 bridgehead atoms. The van der Waals surface area contributed by atoms with E-state index < -0.39 is 28.7 Å².